The molecular weight excluding hydrogens is 232 g/mol. The fraction of sp³-hybridized carbons (Fsp3) is 0.571. The van der Waals surface area contributed by atoms with Crippen LogP contribution in [-0.4, -0.2) is 18.0 Å². The van der Waals surface area contributed by atoms with Crippen LogP contribution in [0.2, 0.25) is 5.02 Å². The van der Waals surface area contributed by atoms with Crippen LogP contribution in [0.15, 0.2) is 18.2 Å². The van der Waals surface area contributed by atoms with Gasteiger partial charge in [0.05, 0.1) is 0 Å². The van der Waals surface area contributed by atoms with Gasteiger partial charge in [0.1, 0.15) is 0 Å². The summed E-state index contributed by atoms with van der Waals surface area (Å²) in [5.41, 5.74) is 7.91. The zero-order valence-electron chi connectivity index (χ0n) is 10.3. The molecule has 0 radical (unpaired) electrons. The van der Waals surface area contributed by atoms with Crippen LogP contribution in [0.3, 0.4) is 0 Å². The Morgan fingerprint density at radius 1 is 1.06 bits per heavy atom. The average molecular weight is 253 g/mol. The molecular formula is C14H21ClN2. The maximum atomic E-state index is 6.22. The third-order valence-electron chi connectivity index (χ3n) is 3.49. The smallest absolute Gasteiger partial charge is 0.0471 e. The van der Waals surface area contributed by atoms with Gasteiger partial charge in [-0.1, -0.05) is 36.9 Å². The largest absolute Gasteiger partial charge is 0.398 e. The van der Waals surface area contributed by atoms with Crippen molar-refractivity contribution in [2.45, 2.75) is 38.6 Å². The van der Waals surface area contributed by atoms with Gasteiger partial charge in [0.15, 0.2) is 0 Å². The van der Waals surface area contributed by atoms with Crippen LogP contribution in [0.1, 0.15) is 37.7 Å². The van der Waals surface area contributed by atoms with E-state index in [9.17, 15) is 0 Å². The molecule has 1 fully saturated rings. The van der Waals surface area contributed by atoms with E-state index < -0.39 is 0 Å². The number of nitrogens with two attached hydrogens (primary N) is 1. The Morgan fingerprint density at radius 2 is 1.71 bits per heavy atom. The van der Waals surface area contributed by atoms with Crippen molar-refractivity contribution in [1.82, 2.24) is 4.90 Å². The Morgan fingerprint density at radius 3 is 2.35 bits per heavy atom. The van der Waals surface area contributed by atoms with Crippen LogP contribution in [0.5, 0.6) is 0 Å². The molecule has 1 aromatic rings. The fourth-order valence-electron chi connectivity index (χ4n) is 2.44. The number of anilines is 1. The predicted molar refractivity (Wildman–Crippen MR) is 74.2 cm³/mol. The van der Waals surface area contributed by atoms with Crippen molar-refractivity contribution in [2.75, 3.05) is 18.8 Å². The Balaban J connectivity index is 2.03. The zero-order chi connectivity index (χ0) is 12.1. The first kappa shape index (κ1) is 12.7. The van der Waals surface area contributed by atoms with E-state index in [1.54, 1.807) is 0 Å². The molecule has 0 bridgehead atoms. The Kier molecular flexibility index (Phi) is 4.69. The molecule has 94 valence electrons. The topological polar surface area (TPSA) is 29.3 Å². The van der Waals surface area contributed by atoms with Crippen LogP contribution in [0, 0.1) is 0 Å². The summed E-state index contributed by atoms with van der Waals surface area (Å²) >= 11 is 6.22. The summed E-state index contributed by atoms with van der Waals surface area (Å²) in [6, 6.07) is 5.77. The van der Waals surface area contributed by atoms with Crippen LogP contribution >= 0.6 is 11.6 Å². The number of likely N-dealkylation sites (tertiary alicyclic amines) is 1. The lowest BCUT2D eigenvalue weighted by atomic mass is 10.1. The van der Waals surface area contributed by atoms with Crippen molar-refractivity contribution in [3.05, 3.63) is 28.8 Å². The van der Waals surface area contributed by atoms with Gasteiger partial charge in [0.25, 0.3) is 0 Å². The molecule has 0 atom stereocenters. The second-order valence-corrected chi connectivity index (χ2v) is 5.26. The number of nitrogen functional groups attached to an aromatic ring is 1. The summed E-state index contributed by atoms with van der Waals surface area (Å²) < 4.78 is 0. The molecule has 1 heterocycles. The summed E-state index contributed by atoms with van der Waals surface area (Å²) in [5, 5.41) is 0.798. The average Bonchev–Trinajstić information content (AvgIpc) is 2.26. The number of rotatable bonds is 2. The minimum atomic E-state index is 0.798. The van der Waals surface area contributed by atoms with Gasteiger partial charge in [-0.05, 0) is 38.1 Å². The molecule has 1 aliphatic rings. The number of hydrogen-bond donors (Lipinski definition) is 1. The van der Waals surface area contributed by atoms with E-state index >= 15 is 0 Å². The van der Waals surface area contributed by atoms with Gasteiger partial charge < -0.3 is 5.73 Å². The highest BCUT2D eigenvalue weighted by atomic mass is 35.5. The minimum absolute atomic E-state index is 0.798. The Labute approximate surface area is 109 Å². The third kappa shape index (κ3) is 3.62. The molecule has 0 unspecified atom stereocenters. The molecule has 2 nitrogen and oxygen atoms in total. The highest BCUT2D eigenvalue weighted by Crippen LogP contribution is 2.24. The summed E-state index contributed by atoms with van der Waals surface area (Å²) in [4.78, 5) is 2.48. The molecule has 0 amide bonds. The molecule has 0 spiro atoms. The van der Waals surface area contributed by atoms with E-state index in [1.807, 2.05) is 18.2 Å². The monoisotopic (exact) mass is 252 g/mol. The van der Waals surface area contributed by atoms with Crippen LogP contribution < -0.4 is 5.73 Å². The van der Waals surface area contributed by atoms with Crippen molar-refractivity contribution in [3.63, 3.8) is 0 Å². The number of nitrogens with zero attached hydrogens (tertiary/aromatic N) is 1. The van der Waals surface area contributed by atoms with E-state index in [1.165, 1.54) is 45.2 Å². The maximum Gasteiger partial charge on any atom is 0.0471 e. The summed E-state index contributed by atoms with van der Waals surface area (Å²) in [6.07, 6.45) is 6.69. The van der Waals surface area contributed by atoms with Crippen molar-refractivity contribution >= 4 is 17.3 Å². The van der Waals surface area contributed by atoms with Crippen LogP contribution in [-0.2, 0) is 6.54 Å². The molecule has 2 rings (SSSR count). The first-order valence-corrected chi connectivity index (χ1v) is 6.90. The van der Waals surface area contributed by atoms with E-state index in [4.69, 9.17) is 17.3 Å². The second kappa shape index (κ2) is 6.27. The Bertz CT molecular complexity index is 337. The molecule has 2 N–H and O–H groups in total. The highest BCUT2D eigenvalue weighted by Gasteiger charge is 2.12. The lowest BCUT2D eigenvalue weighted by Gasteiger charge is -2.25. The van der Waals surface area contributed by atoms with Gasteiger partial charge >= 0.3 is 0 Å². The molecule has 0 aromatic heterocycles. The first-order chi connectivity index (χ1) is 8.27. The second-order valence-electron chi connectivity index (χ2n) is 4.85. The predicted octanol–water partition coefficient (Wildman–Crippen LogP) is 3.69. The quantitative estimate of drug-likeness (QED) is 0.814. The molecule has 1 saturated heterocycles. The molecule has 0 aliphatic carbocycles. The van der Waals surface area contributed by atoms with Crippen LogP contribution in [0.4, 0.5) is 5.69 Å². The van der Waals surface area contributed by atoms with Gasteiger partial charge in [-0.2, -0.15) is 0 Å². The molecule has 0 saturated carbocycles. The first-order valence-electron chi connectivity index (χ1n) is 6.52. The SMILES string of the molecule is Nc1cccc(Cl)c1CN1CCCCCCC1. The van der Waals surface area contributed by atoms with Gasteiger partial charge in [0.2, 0.25) is 0 Å². The standard InChI is InChI=1S/C14H21ClN2/c15-13-7-6-8-14(16)12(13)11-17-9-4-2-1-3-5-10-17/h6-8H,1-5,9-11,16H2. The molecule has 1 aromatic carbocycles. The van der Waals surface area contributed by atoms with Crippen molar-refractivity contribution in [3.8, 4) is 0 Å². The van der Waals surface area contributed by atoms with Crippen LogP contribution in [0.25, 0.3) is 0 Å². The minimum Gasteiger partial charge on any atom is -0.398 e. The summed E-state index contributed by atoms with van der Waals surface area (Å²) in [7, 11) is 0. The van der Waals surface area contributed by atoms with Gasteiger partial charge in [0, 0.05) is 22.8 Å². The van der Waals surface area contributed by atoms with Gasteiger partial charge in [-0.25, -0.2) is 0 Å². The zero-order valence-corrected chi connectivity index (χ0v) is 11.0. The summed E-state index contributed by atoms with van der Waals surface area (Å²) in [6.45, 7) is 3.24. The number of benzene rings is 1. The van der Waals surface area contributed by atoms with Gasteiger partial charge in [-0.15, -0.1) is 0 Å². The maximum absolute atomic E-state index is 6.22. The molecule has 17 heavy (non-hydrogen) atoms. The Hall–Kier alpha value is -0.730. The summed E-state index contributed by atoms with van der Waals surface area (Å²) in [5.74, 6) is 0. The highest BCUT2D eigenvalue weighted by molar-refractivity contribution is 6.31. The van der Waals surface area contributed by atoms with E-state index in [-0.39, 0.29) is 0 Å². The van der Waals surface area contributed by atoms with E-state index in [2.05, 4.69) is 4.90 Å². The lowest BCUT2D eigenvalue weighted by molar-refractivity contribution is 0.240. The van der Waals surface area contributed by atoms with Gasteiger partial charge in [-0.3, -0.25) is 4.90 Å². The molecule has 3 heteroatoms. The number of halogens is 1. The lowest BCUT2D eigenvalue weighted by Crippen LogP contribution is -2.27. The molecule has 1 aliphatic heterocycles. The van der Waals surface area contributed by atoms with E-state index in [0.29, 0.717) is 0 Å². The fourth-order valence-corrected chi connectivity index (χ4v) is 2.68. The van der Waals surface area contributed by atoms with Crippen molar-refractivity contribution < 1.29 is 0 Å². The van der Waals surface area contributed by atoms with E-state index in [0.717, 1.165) is 22.8 Å². The number of hydrogen-bond acceptors (Lipinski definition) is 2. The third-order valence-corrected chi connectivity index (χ3v) is 3.84. The van der Waals surface area contributed by atoms with Crippen molar-refractivity contribution in [2.24, 2.45) is 0 Å². The van der Waals surface area contributed by atoms with Crippen molar-refractivity contribution in [1.29, 1.82) is 0 Å². The normalized spacial score (nSPS) is 18.6.